The predicted molar refractivity (Wildman–Crippen MR) is 122 cm³/mol. The summed E-state index contributed by atoms with van der Waals surface area (Å²) in [7, 11) is 0. The van der Waals surface area contributed by atoms with Crippen LogP contribution in [0.15, 0.2) is 36.7 Å². The number of hydrogen-bond acceptors (Lipinski definition) is 7. The number of morpholine rings is 1. The molecule has 0 radical (unpaired) electrons. The van der Waals surface area contributed by atoms with E-state index in [2.05, 4.69) is 26.7 Å². The van der Waals surface area contributed by atoms with Crippen LogP contribution in [-0.4, -0.2) is 52.3 Å². The van der Waals surface area contributed by atoms with Crippen LogP contribution in [0.25, 0.3) is 11.0 Å². The van der Waals surface area contributed by atoms with E-state index in [9.17, 15) is 8.78 Å². The third-order valence-corrected chi connectivity index (χ3v) is 6.33. The molecule has 2 fully saturated rings. The molecule has 3 aromatic rings. The highest BCUT2D eigenvalue weighted by atomic mass is 127. The van der Waals surface area contributed by atoms with Crippen LogP contribution < -0.4 is 9.80 Å². The summed E-state index contributed by atoms with van der Waals surface area (Å²) in [5.74, 6) is 1.31. The van der Waals surface area contributed by atoms with E-state index in [0.29, 0.717) is 43.5 Å². The molecule has 0 saturated carbocycles. The lowest BCUT2D eigenvalue weighted by atomic mass is 9.93. The highest BCUT2D eigenvalue weighted by Crippen LogP contribution is 2.45. The molecule has 0 amide bonds. The van der Waals surface area contributed by atoms with Crippen LogP contribution >= 0.6 is 22.6 Å². The third kappa shape index (κ3) is 3.79. The van der Waals surface area contributed by atoms with Crippen molar-refractivity contribution in [2.24, 2.45) is 0 Å². The lowest BCUT2D eigenvalue weighted by Crippen LogP contribution is -2.46. The van der Waals surface area contributed by atoms with Gasteiger partial charge in [0.25, 0.3) is 0 Å². The van der Waals surface area contributed by atoms with Crippen LogP contribution in [0, 0.1) is 0 Å². The number of rotatable bonds is 4. The number of ether oxygens (including phenoxy) is 1. The summed E-state index contributed by atoms with van der Waals surface area (Å²) in [5.41, 5.74) is 0.936. The van der Waals surface area contributed by atoms with Crippen molar-refractivity contribution in [2.45, 2.75) is 29.4 Å². The van der Waals surface area contributed by atoms with Crippen molar-refractivity contribution >= 4 is 45.4 Å². The van der Waals surface area contributed by atoms with E-state index in [-0.39, 0.29) is 17.8 Å². The highest BCUT2D eigenvalue weighted by Gasteiger charge is 2.40. The Morgan fingerprint density at radius 2 is 1.90 bits per heavy atom. The molecule has 0 aromatic carbocycles. The van der Waals surface area contributed by atoms with Gasteiger partial charge in [-0.05, 0) is 31.5 Å². The first-order valence-corrected chi connectivity index (χ1v) is 11.3. The van der Waals surface area contributed by atoms with Gasteiger partial charge >= 0.3 is 3.93 Å². The van der Waals surface area contributed by atoms with Crippen LogP contribution in [-0.2, 0) is 8.67 Å². The number of nitrogens with zero attached hydrogens (tertiary/aromatic N) is 6. The Hall–Kier alpha value is -2.21. The minimum Gasteiger partial charge on any atom is -0.377 e. The molecule has 2 atom stereocenters. The number of aromatic nitrogens is 4. The van der Waals surface area contributed by atoms with Crippen molar-refractivity contribution in [1.82, 2.24) is 19.9 Å². The Labute approximate surface area is 192 Å². The summed E-state index contributed by atoms with van der Waals surface area (Å²) in [6.45, 7) is 4.69. The second-order valence-electron chi connectivity index (χ2n) is 7.78. The molecule has 5 rings (SSSR count). The van der Waals surface area contributed by atoms with E-state index < -0.39 is 3.93 Å². The van der Waals surface area contributed by atoms with E-state index in [0.717, 1.165) is 40.2 Å². The Balaban J connectivity index is 1.59. The molecule has 2 unspecified atom stereocenters. The van der Waals surface area contributed by atoms with Gasteiger partial charge in [0.15, 0.2) is 5.65 Å². The molecule has 0 spiro atoms. The molecule has 162 valence electrons. The fourth-order valence-corrected chi connectivity index (χ4v) is 4.65. The van der Waals surface area contributed by atoms with E-state index >= 15 is 0 Å². The Morgan fingerprint density at radius 1 is 1.10 bits per heavy atom. The standard InChI is InChI=1S/C21H21F2IN6O/c1-13-12-31-11-10-29(13)20-27-18-15(5-3-8-26-18)19(28-20)30-9-6-16(30)14-4-2-7-25-17(14)21(22,23)24/h2-5,7-8,13,16H,6,9-12H2,1H3. The van der Waals surface area contributed by atoms with E-state index in [1.54, 1.807) is 18.3 Å². The van der Waals surface area contributed by atoms with Crippen molar-refractivity contribution in [3.8, 4) is 0 Å². The molecule has 0 N–H and O–H groups in total. The summed E-state index contributed by atoms with van der Waals surface area (Å²) in [6, 6.07) is 7.12. The number of anilines is 2. The van der Waals surface area contributed by atoms with Crippen LogP contribution in [0.3, 0.4) is 0 Å². The molecule has 0 aliphatic carbocycles. The molecule has 2 aliphatic heterocycles. The molecule has 0 bridgehead atoms. The maximum Gasteiger partial charge on any atom is 0.338 e. The minimum absolute atomic E-state index is 0.137. The average molecular weight is 538 g/mol. The van der Waals surface area contributed by atoms with Crippen molar-refractivity contribution in [2.75, 3.05) is 36.1 Å². The van der Waals surface area contributed by atoms with Gasteiger partial charge in [0.1, 0.15) is 11.5 Å². The quantitative estimate of drug-likeness (QED) is 0.367. The highest BCUT2D eigenvalue weighted by molar-refractivity contribution is 14.1. The second kappa shape index (κ2) is 8.05. The van der Waals surface area contributed by atoms with Crippen LogP contribution in [0.4, 0.5) is 20.5 Å². The van der Waals surface area contributed by atoms with Crippen molar-refractivity contribution in [1.29, 1.82) is 0 Å². The number of alkyl halides is 3. The number of halogens is 3. The van der Waals surface area contributed by atoms with Crippen molar-refractivity contribution in [3.63, 3.8) is 0 Å². The van der Waals surface area contributed by atoms with E-state index in [4.69, 9.17) is 14.7 Å². The Morgan fingerprint density at radius 3 is 2.65 bits per heavy atom. The van der Waals surface area contributed by atoms with Crippen molar-refractivity contribution < 1.29 is 13.5 Å². The topological polar surface area (TPSA) is 67.3 Å². The lowest BCUT2D eigenvalue weighted by Gasteiger charge is -2.43. The van der Waals surface area contributed by atoms with Gasteiger partial charge in [0.05, 0.1) is 30.7 Å². The van der Waals surface area contributed by atoms with Gasteiger partial charge in [-0.1, -0.05) is 6.07 Å². The number of fused-ring (bicyclic) bond motifs is 1. The fourth-order valence-electron chi connectivity index (χ4n) is 4.19. The molecule has 3 aromatic heterocycles. The fraction of sp³-hybridized carbons (Fsp3) is 0.429. The number of hydrogen-bond donors (Lipinski definition) is 0. The van der Waals surface area contributed by atoms with Crippen molar-refractivity contribution in [3.05, 3.63) is 47.9 Å². The summed E-state index contributed by atoms with van der Waals surface area (Å²) < 4.78 is 30.9. The van der Waals surface area contributed by atoms with Gasteiger partial charge in [0.2, 0.25) is 5.95 Å². The molecule has 2 saturated heterocycles. The predicted octanol–water partition coefficient (Wildman–Crippen LogP) is 4.08. The van der Waals surface area contributed by atoms with Gasteiger partial charge in [-0.15, -0.1) is 0 Å². The first-order chi connectivity index (χ1) is 14.9. The molecule has 10 heteroatoms. The van der Waals surface area contributed by atoms with Crippen LogP contribution in [0.1, 0.15) is 30.6 Å². The summed E-state index contributed by atoms with van der Waals surface area (Å²) >= 11 is 1.15. The Bertz CT molecular complexity index is 1110. The molecule has 31 heavy (non-hydrogen) atoms. The monoisotopic (exact) mass is 538 g/mol. The maximum absolute atomic E-state index is 14.2. The Kier molecular flexibility index (Phi) is 5.37. The van der Waals surface area contributed by atoms with Gasteiger partial charge in [-0.25, -0.2) is 4.98 Å². The largest absolute Gasteiger partial charge is 0.377 e. The SMILES string of the molecule is CC1COCCN1c1nc(N2CCC2c2cccnc2C(F)(F)I)c2cccnc2n1. The summed E-state index contributed by atoms with van der Waals surface area (Å²) in [5, 5.41) is 0.809. The normalized spacial score (nSPS) is 21.9. The van der Waals surface area contributed by atoms with Crippen LogP contribution in [0.2, 0.25) is 0 Å². The molecular formula is C21H21F2IN6O. The average Bonchev–Trinajstić information content (AvgIpc) is 2.73. The first kappa shape index (κ1) is 20.7. The van der Waals surface area contributed by atoms with Gasteiger partial charge in [-0.3, -0.25) is 4.98 Å². The number of pyridine rings is 2. The summed E-state index contributed by atoms with van der Waals surface area (Å²) in [4.78, 5) is 22.2. The van der Waals surface area contributed by atoms with E-state index in [1.165, 1.54) is 6.20 Å². The van der Waals surface area contributed by atoms with Gasteiger partial charge in [0, 0.05) is 53.6 Å². The minimum atomic E-state index is -3.04. The van der Waals surface area contributed by atoms with Crippen LogP contribution in [0.5, 0.6) is 0 Å². The van der Waals surface area contributed by atoms with Gasteiger partial charge in [-0.2, -0.15) is 18.7 Å². The maximum atomic E-state index is 14.2. The zero-order valence-electron chi connectivity index (χ0n) is 16.9. The molecule has 2 aliphatic rings. The molecule has 5 heterocycles. The zero-order chi connectivity index (χ0) is 21.6. The third-order valence-electron chi connectivity index (χ3n) is 5.82. The first-order valence-electron chi connectivity index (χ1n) is 10.2. The van der Waals surface area contributed by atoms with Gasteiger partial charge < -0.3 is 14.5 Å². The molecule has 7 nitrogen and oxygen atoms in total. The smallest absolute Gasteiger partial charge is 0.338 e. The zero-order valence-corrected chi connectivity index (χ0v) is 19.0. The lowest BCUT2D eigenvalue weighted by molar-refractivity contribution is 0.0981. The molecular weight excluding hydrogens is 517 g/mol. The second-order valence-corrected chi connectivity index (χ2v) is 9.13. The summed E-state index contributed by atoms with van der Waals surface area (Å²) in [6.07, 6.45) is 3.87. The van der Waals surface area contributed by atoms with E-state index in [1.807, 2.05) is 12.1 Å².